The van der Waals surface area contributed by atoms with Gasteiger partial charge in [-0.25, -0.2) is 0 Å². The smallest absolute Gasteiger partial charge is 0.194 e. The van der Waals surface area contributed by atoms with Gasteiger partial charge in [-0.3, -0.25) is 9.98 Å². The van der Waals surface area contributed by atoms with Crippen LogP contribution in [0.4, 0.5) is 0 Å². The van der Waals surface area contributed by atoms with E-state index in [1.807, 2.05) is 12.3 Å². The minimum atomic E-state index is 0.411. The maximum Gasteiger partial charge on any atom is 0.194 e. The quantitative estimate of drug-likeness (QED) is 0.732. The molecule has 1 N–H and O–H groups in total. The molecule has 0 aliphatic carbocycles. The predicted molar refractivity (Wildman–Crippen MR) is 58.6 cm³/mol. The second-order valence-electron chi connectivity index (χ2n) is 3.88. The number of fused-ring (bicyclic) bond motifs is 1. The fraction of sp³-hybridized carbons (Fsp3) is 0.455. The third kappa shape index (κ3) is 1.46. The first-order valence-corrected chi connectivity index (χ1v) is 5.41. The van der Waals surface area contributed by atoms with Crippen molar-refractivity contribution in [1.82, 2.24) is 15.2 Å². The zero-order valence-electron chi connectivity index (χ0n) is 8.56. The van der Waals surface area contributed by atoms with Crippen molar-refractivity contribution in [3.8, 4) is 0 Å². The highest BCUT2D eigenvalue weighted by molar-refractivity contribution is 5.82. The number of nitrogens with zero attached hydrogens (tertiary/aromatic N) is 3. The Morgan fingerprint density at radius 3 is 3.27 bits per heavy atom. The summed E-state index contributed by atoms with van der Waals surface area (Å²) in [7, 11) is 0. The van der Waals surface area contributed by atoms with Crippen LogP contribution in [-0.4, -0.2) is 35.5 Å². The summed E-state index contributed by atoms with van der Waals surface area (Å²) in [5.41, 5.74) is 1.16. The van der Waals surface area contributed by atoms with Crippen LogP contribution in [0.5, 0.6) is 0 Å². The van der Waals surface area contributed by atoms with E-state index in [1.54, 1.807) is 0 Å². The SMILES string of the molecule is c1ccc(C2CCN=C3NCCN32)nc1. The van der Waals surface area contributed by atoms with E-state index in [9.17, 15) is 0 Å². The van der Waals surface area contributed by atoms with Crippen LogP contribution in [0.15, 0.2) is 29.4 Å². The van der Waals surface area contributed by atoms with Crippen LogP contribution in [0.1, 0.15) is 18.2 Å². The highest BCUT2D eigenvalue weighted by Gasteiger charge is 2.30. The van der Waals surface area contributed by atoms with Crippen molar-refractivity contribution in [3.63, 3.8) is 0 Å². The lowest BCUT2D eigenvalue weighted by molar-refractivity contribution is 0.308. The molecule has 3 heterocycles. The lowest BCUT2D eigenvalue weighted by atomic mass is 10.1. The molecule has 0 aromatic carbocycles. The van der Waals surface area contributed by atoms with Crippen molar-refractivity contribution in [3.05, 3.63) is 30.1 Å². The highest BCUT2D eigenvalue weighted by atomic mass is 15.4. The van der Waals surface area contributed by atoms with Crippen molar-refractivity contribution in [2.75, 3.05) is 19.6 Å². The van der Waals surface area contributed by atoms with E-state index in [0.717, 1.165) is 37.7 Å². The summed E-state index contributed by atoms with van der Waals surface area (Å²) < 4.78 is 0. The normalized spacial score (nSPS) is 24.4. The molecule has 1 saturated heterocycles. The third-order valence-corrected chi connectivity index (χ3v) is 2.98. The van der Waals surface area contributed by atoms with E-state index in [2.05, 4.69) is 32.3 Å². The number of guanidine groups is 1. The molecule has 78 valence electrons. The molecule has 0 saturated carbocycles. The number of nitrogens with one attached hydrogen (secondary N) is 1. The maximum atomic E-state index is 4.47. The minimum Gasteiger partial charge on any atom is -0.354 e. The van der Waals surface area contributed by atoms with E-state index in [-0.39, 0.29) is 0 Å². The summed E-state index contributed by atoms with van der Waals surface area (Å²) in [5.74, 6) is 1.05. The Morgan fingerprint density at radius 2 is 2.40 bits per heavy atom. The van der Waals surface area contributed by atoms with Crippen molar-refractivity contribution in [2.45, 2.75) is 12.5 Å². The first-order valence-electron chi connectivity index (χ1n) is 5.41. The molecule has 2 aliphatic rings. The molecule has 1 unspecified atom stereocenters. The second kappa shape index (κ2) is 3.53. The van der Waals surface area contributed by atoms with Gasteiger partial charge in [0.05, 0.1) is 11.7 Å². The standard InChI is InChI=1S/C11H14N4/c1-2-5-12-9(3-1)10-4-6-13-11-14-7-8-15(10)11/h1-3,5,10H,4,6-8H2,(H,13,14). The minimum absolute atomic E-state index is 0.411. The zero-order chi connectivity index (χ0) is 10.1. The Hall–Kier alpha value is -1.58. The summed E-state index contributed by atoms with van der Waals surface area (Å²) in [5, 5.41) is 3.31. The number of pyridine rings is 1. The van der Waals surface area contributed by atoms with Gasteiger partial charge in [0.2, 0.25) is 0 Å². The molecule has 0 bridgehead atoms. The van der Waals surface area contributed by atoms with Crippen LogP contribution in [0.25, 0.3) is 0 Å². The van der Waals surface area contributed by atoms with Crippen molar-refractivity contribution in [2.24, 2.45) is 4.99 Å². The monoisotopic (exact) mass is 202 g/mol. The molecule has 4 nitrogen and oxygen atoms in total. The number of aromatic nitrogens is 1. The number of hydrogen-bond acceptors (Lipinski definition) is 4. The summed E-state index contributed by atoms with van der Waals surface area (Å²) in [6.07, 6.45) is 2.94. The molecular weight excluding hydrogens is 188 g/mol. The molecule has 1 aromatic heterocycles. The molecule has 3 rings (SSSR count). The molecule has 0 spiro atoms. The van der Waals surface area contributed by atoms with Gasteiger partial charge >= 0.3 is 0 Å². The van der Waals surface area contributed by atoms with Crippen LogP contribution >= 0.6 is 0 Å². The molecule has 2 aliphatic heterocycles. The van der Waals surface area contributed by atoms with Gasteiger partial charge in [0.25, 0.3) is 0 Å². The van der Waals surface area contributed by atoms with Crippen LogP contribution in [0.3, 0.4) is 0 Å². The van der Waals surface area contributed by atoms with Gasteiger partial charge < -0.3 is 10.2 Å². The van der Waals surface area contributed by atoms with Crippen LogP contribution in [0, 0.1) is 0 Å². The van der Waals surface area contributed by atoms with Crippen molar-refractivity contribution < 1.29 is 0 Å². The Morgan fingerprint density at radius 1 is 1.40 bits per heavy atom. The average Bonchev–Trinajstić information content (AvgIpc) is 2.78. The van der Waals surface area contributed by atoms with E-state index in [1.165, 1.54) is 0 Å². The molecule has 1 aromatic rings. The van der Waals surface area contributed by atoms with E-state index >= 15 is 0 Å². The van der Waals surface area contributed by atoms with E-state index in [0.29, 0.717) is 6.04 Å². The molecule has 15 heavy (non-hydrogen) atoms. The molecular formula is C11H14N4. The largest absolute Gasteiger partial charge is 0.354 e. The van der Waals surface area contributed by atoms with Gasteiger partial charge in [0, 0.05) is 25.8 Å². The van der Waals surface area contributed by atoms with Gasteiger partial charge in [-0.05, 0) is 18.6 Å². The van der Waals surface area contributed by atoms with Crippen molar-refractivity contribution in [1.29, 1.82) is 0 Å². The van der Waals surface area contributed by atoms with Gasteiger partial charge in [0.1, 0.15) is 0 Å². The molecule has 1 fully saturated rings. The fourth-order valence-electron chi connectivity index (χ4n) is 2.27. The predicted octanol–water partition coefficient (Wildman–Crippen LogP) is 0.788. The number of rotatable bonds is 1. The Bertz CT molecular complexity index is 373. The lowest BCUT2D eigenvalue weighted by Crippen LogP contribution is -2.37. The third-order valence-electron chi connectivity index (χ3n) is 2.98. The molecule has 4 heteroatoms. The summed E-state index contributed by atoms with van der Waals surface area (Å²) in [6, 6.07) is 6.53. The van der Waals surface area contributed by atoms with E-state index < -0.39 is 0 Å². The van der Waals surface area contributed by atoms with Crippen LogP contribution in [0.2, 0.25) is 0 Å². The Balaban J connectivity index is 1.91. The highest BCUT2D eigenvalue weighted by Crippen LogP contribution is 2.26. The first kappa shape index (κ1) is 8.71. The van der Waals surface area contributed by atoms with Gasteiger partial charge in [-0.15, -0.1) is 0 Å². The number of aliphatic imine (C=N–C) groups is 1. The first-order chi connectivity index (χ1) is 7.45. The zero-order valence-corrected chi connectivity index (χ0v) is 8.56. The summed E-state index contributed by atoms with van der Waals surface area (Å²) in [6.45, 7) is 2.95. The summed E-state index contributed by atoms with van der Waals surface area (Å²) >= 11 is 0. The topological polar surface area (TPSA) is 40.5 Å². The maximum absolute atomic E-state index is 4.47. The van der Waals surface area contributed by atoms with Gasteiger partial charge in [-0.2, -0.15) is 0 Å². The van der Waals surface area contributed by atoms with Gasteiger partial charge in [0.15, 0.2) is 5.96 Å². The second-order valence-corrected chi connectivity index (χ2v) is 3.88. The molecule has 0 radical (unpaired) electrons. The summed E-state index contributed by atoms with van der Waals surface area (Å²) in [4.78, 5) is 11.2. The number of hydrogen-bond donors (Lipinski definition) is 1. The Kier molecular flexibility index (Phi) is 2.05. The molecule has 1 atom stereocenters. The van der Waals surface area contributed by atoms with Crippen LogP contribution < -0.4 is 5.32 Å². The molecule has 0 amide bonds. The average molecular weight is 202 g/mol. The van der Waals surface area contributed by atoms with Gasteiger partial charge in [-0.1, -0.05) is 6.07 Å². The van der Waals surface area contributed by atoms with Crippen LogP contribution in [-0.2, 0) is 0 Å². The van der Waals surface area contributed by atoms with E-state index in [4.69, 9.17) is 0 Å². The lowest BCUT2D eigenvalue weighted by Gasteiger charge is -2.31. The van der Waals surface area contributed by atoms with Crippen molar-refractivity contribution >= 4 is 5.96 Å². The Labute approximate surface area is 89.0 Å². The fourth-order valence-corrected chi connectivity index (χ4v) is 2.27.